The molecular weight excluding hydrogens is 438 g/mol. The van der Waals surface area contributed by atoms with E-state index in [-0.39, 0.29) is 12.3 Å². The number of ether oxygens (including phenoxy) is 2. The predicted octanol–water partition coefficient (Wildman–Crippen LogP) is 4.48. The zero-order valence-corrected chi connectivity index (χ0v) is 19.9. The molecule has 10 heteroatoms. The largest absolute Gasteiger partial charge is 0.453 e. The first-order chi connectivity index (χ1) is 16.0. The number of benzene rings is 1. The van der Waals surface area contributed by atoms with Gasteiger partial charge in [0.25, 0.3) is 0 Å². The van der Waals surface area contributed by atoms with Gasteiger partial charge in [0, 0.05) is 17.7 Å². The van der Waals surface area contributed by atoms with Crippen LogP contribution in [-0.2, 0) is 14.3 Å². The van der Waals surface area contributed by atoms with Crippen molar-refractivity contribution in [3.8, 4) is 11.3 Å². The van der Waals surface area contributed by atoms with Crippen molar-refractivity contribution in [1.29, 1.82) is 0 Å². The Kier molecular flexibility index (Phi) is 7.50. The molecule has 3 N–H and O–H groups in total. The van der Waals surface area contributed by atoms with Crippen LogP contribution in [0.3, 0.4) is 0 Å². The molecule has 0 spiro atoms. The number of anilines is 2. The summed E-state index contributed by atoms with van der Waals surface area (Å²) in [5, 5.41) is 8.33. The molecule has 2 bridgehead atoms. The number of carbonyl (C=O) groups is 3. The van der Waals surface area contributed by atoms with Gasteiger partial charge in [-0.1, -0.05) is 12.2 Å². The third kappa shape index (κ3) is 6.77. The zero-order valence-electron chi connectivity index (χ0n) is 19.9. The topological polar surface area (TPSA) is 132 Å². The fourth-order valence-electron chi connectivity index (χ4n) is 3.35. The monoisotopic (exact) mass is 467 g/mol. The molecule has 1 aromatic heterocycles. The summed E-state index contributed by atoms with van der Waals surface area (Å²) in [4.78, 5) is 45.7. The van der Waals surface area contributed by atoms with Crippen molar-refractivity contribution in [3.63, 3.8) is 0 Å². The van der Waals surface area contributed by atoms with Crippen LogP contribution in [0.2, 0.25) is 0 Å². The van der Waals surface area contributed by atoms with E-state index in [1.54, 1.807) is 58.0 Å². The molecule has 10 nitrogen and oxygen atoms in total. The molecule has 0 radical (unpaired) electrons. The molecule has 2 heterocycles. The Labute approximate surface area is 198 Å². The minimum Gasteiger partial charge on any atom is -0.453 e. The smallest absolute Gasteiger partial charge is 0.411 e. The highest BCUT2D eigenvalue weighted by atomic mass is 16.6. The molecule has 1 unspecified atom stereocenters. The second-order valence-electron chi connectivity index (χ2n) is 8.76. The third-order valence-electron chi connectivity index (χ3n) is 4.75. The number of aromatic nitrogens is 2. The van der Waals surface area contributed by atoms with E-state index in [1.807, 2.05) is 6.08 Å². The van der Waals surface area contributed by atoms with Gasteiger partial charge >= 0.3 is 12.2 Å². The van der Waals surface area contributed by atoms with Gasteiger partial charge in [0.05, 0.1) is 30.2 Å². The minimum atomic E-state index is -0.648. The Morgan fingerprint density at radius 3 is 2.59 bits per heavy atom. The van der Waals surface area contributed by atoms with Gasteiger partial charge in [-0.2, -0.15) is 0 Å². The zero-order chi connectivity index (χ0) is 24.9. The number of methoxy groups -OCH3 is 1. The number of hydrogen-bond acceptors (Lipinski definition) is 7. The first-order valence-corrected chi connectivity index (χ1v) is 10.8. The fraction of sp³-hybridized carbons (Fsp3) is 0.375. The summed E-state index contributed by atoms with van der Waals surface area (Å²) in [6.07, 6.45) is 2.90. The second-order valence-corrected chi connectivity index (χ2v) is 8.76. The van der Waals surface area contributed by atoms with Gasteiger partial charge in [0.15, 0.2) is 0 Å². The van der Waals surface area contributed by atoms with E-state index in [4.69, 9.17) is 4.74 Å². The van der Waals surface area contributed by atoms with E-state index < -0.39 is 23.8 Å². The Hall–Kier alpha value is -3.95. The Morgan fingerprint density at radius 1 is 1.12 bits per heavy atom. The molecule has 2 aromatic rings. The van der Waals surface area contributed by atoms with E-state index in [1.165, 1.54) is 7.11 Å². The molecule has 0 saturated heterocycles. The van der Waals surface area contributed by atoms with Crippen LogP contribution in [0.15, 0.2) is 36.4 Å². The summed E-state index contributed by atoms with van der Waals surface area (Å²) in [5.74, 6) is 0.259. The molecule has 1 aliphatic rings. The van der Waals surface area contributed by atoms with Crippen molar-refractivity contribution in [1.82, 2.24) is 15.3 Å². The molecule has 0 fully saturated rings. The van der Waals surface area contributed by atoms with Crippen molar-refractivity contribution >= 4 is 29.5 Å². The second kappa shape index (κ2) is 10.3. The van der Waals surface area contributed by atoms with Gasteiger partial charge in [-0.15, -0.1) is 0 Å². The predicted molar refractivity (Wildman–Crippen MR) is 127 cm³/mol. The summed E-state index contributed by atoms with van der Waals surface area (Å²) < 4.78 is 10.1. The number of hydrogen-bond donors (Lipinski definition) is 3. The molecular formula is C24H29N5O5. The molecule has 0 aliphatic carbocycles. The molecule has 3 amide bonds. The SMILES string of the molecule is COC(=O)Nc1ccc2c(c1)NC(=O)C/C=C/CC(NC(=O)OC(C)(C)C)c1cc-2nc(C)n1. The highest BCUT2D eigenvalue weighted by molar-refractivity contribution is 5.97. The van der Waals surface area contributed by atoms with Crippen LogP contribution in [0.1, 0.15) is 51.2 Å². The Bertz CT molecular complexity index is 1120. The van der Waals surface area contributed by atoms with Crippen molar-refractivity contribution in [2.45, 2.75) is 52.2 Å². The first-order valence-electron chi connectivity index (χ1n) is 10.8. The standard InChI is InChI=1S/C24H29N5O5/c1-14-25-19-13-20(26-14)17(29-23(32)34-24(2,3)4)8-6-7-9-21(30)28-18-12-15(10-11-16(18)19)27-22(31)33-5/h6-7,10-13,17H,8-9H2,1-5H3,(H,27,31)(H,28,30)(H,29,32)/b7-6+. The highest BCUT2D eigenvalue weighted by Crippen LogP contribution is 2.32. The molecule has 0 saturated carbocycles. The van der Waals surface area contributed by atoms with Crippen LogP contribution < -0.4 is 16.0 Å². The lowest BCUT2D eigenvalue weighted by Crippen LogP contribution is -2.35. The van der Waals surface area contributed by atoms with Crippen LogP contribution >= 0.6 is 0 Å². The fourth-order valence-corrected chi connectivity index (χ4v) is 3.35. The van der Waals surface area contributed by atoms with Gasteiger partial charge in [-0.3, -0.25) is 10.1 Å². The van der Waals surface area contributed by atoms with Crippen molar-refractivity contribution in [3.05, 3.63) is 47.9 Å². The van der Waals surface area contributed by atoms with Gasteiger partial charge in [-0.25, -0.2) is 19.6 Å². The van der Waals surface area contributed by atoms with E-state index in [9.17, 15) is 14.4 Å². The third-order valence-corrected chi connectivity index (χ3v) is 4.75. The first kappa shape index (κ1) is 24.7. The lowest BCUT2D eigenvalue weighted by atomic mass is 10.0. The number of nitrogens with zero attached hydrogens (tertiary/aromatic N) is 2. The van der Waals surface area contributed by atoms with Crippen LogP contribution in [0.5, 0.6) is 0 Å². The number of carbonyl (C=O) groups excluding carboxylic acids is 3. The molecule has 3 rings (SSSR count). The molecule has 1 aromatic carbocycles. The van der Waals surface area contributed by atoms with Crippen LogP contribution in [0.25, 0.3) is 11.3 Å². The average Bonchev–Trinajstić information content (AvgIpc) is 2.73. The number of alkyl carbamates (subject to hydrolysis) is 1. The van der Waals surface area contributed by atoms with Gasteiger partial charge < -0.3 is 20.1 Å². The maximum Gasteiger partial charge on any atom is 0.411 e. The minimum absolute atomic E-state index is 0.126. The molecule has 1 aliphatic heterocycles. The Morgan fingerprint density at radius 2 is 1.88 bits per heavy atom. The summed E-state index contributed by atoms with van der Waals surface area (Å²) in [6, 6.07) is 6.33. The lowest BCUT2D eigenvalue weighted by molar-refractivity contribution is -0.115. The van der Waals surface area contributed by atoms with E-state index in [0.717, 1.165) is 0 Å². The quantitative estimate of drug-likeness (QED) is 0.555. The summed E-state index contributed by atoms with van der Waals surface area (Å²) in [5.41, 5.74) is 2.06. The average molecular weight is 468 g/mol. The van der Waals surface area contributed by atoms with Crippen LogP contribution in [0.4, 0.5) is 21.0 Å². The number of fused-ring (bicyclic) bond motifs is 4. The van der Waals surface area contributed by atoms with Crippen LogP contribution in [0, 0.1) is 6.92 Å². The Balaban J connectivity index is 2.05. The van der Waals surface area contributed by atoms with Gasteiger partial charge in [0.1, 0.15) is 11.4 Å². The lowest BCUT2D eigenvalue weighted by Gasteiger charge is -2.23. The molecule has 1 atom stereocenters. The summed E-state index contributed by atoms with van der Waals surface area (Å²) >= 11 is 0. The molecule has 180 valence electrons. The van der Waals surface area contributed by atoms with E-state index in [2.05, 4.69) is 30.7 Å². The normalized spacial score (nSPS) is 16.6. The maximum absolute atomic E-state index is 12.6. The van der Waals surface area contributed by atoms with Crippen molar-refractivity contribution in [2.75, 3.05) is 17.7 Å². The highest BCUT2D eigenvalue weighted by Gasteiger charge is 2.23. The van der Waals surface area contributed by atoms with Crippen molar-refractivity contribution < 1.29 is 23.9 Å². The summed E-state index contributed by atoms with van der Waals surface area (Å²) in [7, 11) is 1.27. The number of aryl methyl sites for hydroxylation is 1. The maximum atomic E-state index is 12.6. The van der Waals surface area contributed by atoms with Crippen LogP contribution in [-0.4, -0.2) is 40.8 Å². The summed E-state index contributed by atoms with van der Waals surface area (Å²) in [6.45, 7) is 7.13. The number of amides is 3. The van der Waals surface area contributed by atoms with Gasteiger partial charge in [-0.05, 0) is 58.4 Å². The number of rotatable bonds is 2. The van der Waals surface area contributed by atoms with Gasteiger partial charge in [0.2, 0.25) is 5.91 Å². The number of nitrogens with one attached hydrogen (secondary N) is 3. The van der Waals surface area contributed by atoms with E-state index in [0.29, 0.717) is 40.6 Å². The molecule has 34 heavy (non-hydrogen) atoms. The van der Waals surface area contributed by atoms with Crippen molar-refractivity contribution in [2.24, 2.45) is 0 Å². The van der Waals surface area contributed by atoms with E-state index >= 15 is 0 Å².